The highest BCUT2D eigenvalue weighted by Gasteiger charge is 2.12. The molecule has 1 radical (unpaired) electrons. The summed E-state index contributed by atoms with van der Waals surface area (Å²) in [4.78, 5) is 0. The van der Waals surface area contributed by atoms with Crippen molar-refractivity contribution in [3.8, 4) is 0 Å². The molecule has 10 heavy (non-hydrogen) atoms. The van der Waals surface area contributed by atoms with E-state index in [0.717, 1.165) is 0 Å². The van der Waals surface area contributed by atoms with Gasteiger partial charge in [-0.25, -0.2) is 0 Å². The number of rotatable bonds is 0. The van der Waals surface area contributed by atoms with Crippen molar-refractivity contribution in [2.45, 2.75) is 19.3 Å². The van der Waals surface area contributed by atoms with Gasteiger partial charge in [0.25, 0.3) is 0 Å². The lowest BCUT2D eigenvalue weighted by molar-refractivity contribution is 0.664. The zero-order valence-electron chi connectivity index (χ0n) is 6.17. The molecule has 0 spiro atoms. The van der Waals surface area contributed by atoms with E-state index in [4.69, 9.17) is 0 Å². The molecule has 1 heterocycles. The molecule has 0 saturated heterocycles. The maximum atomic E-state index is 4.18. The lowest BCUT2D eigenvalue weighted by Gasteiger charge is -2.10. The van der Waals surface area contributed by atoms with Crippen molar-refractivity contribution < 1.29 is 0 Å². The van der Waals surface area contributed by atoms with E-state index >= 15 is 0 Å². The Labute approximate surface area is 60.9 Å². The number of hydrogen-bond acceptors (Lipinski definition) is 1. The topological polar surface area (TPSA) is 17.8 Å². The highest BCUT2D eigenvalue weighted by atomic mass is 15.3. The number of hydrogen-bond donors (Lipinski definition) is 0. The summed E-state index contributed by atoms with van der Waals surface area (Å²) in [6.45, 7) is 0. The minimum atomic E-state index is 1.20. The highest BCUT2D eigenvalue weighted by Crippen LogP contribution is 2.20. The predicted molar refractivity (Wildman–Crippen MR) is 39.5 cm³/mol. The monoisotopic (exact) mass is 135 g/mol. The quantitative estimate of drug-likeness (QED) is 0.524. The summed E-state index contributed by atoms with van der Waals surface area (Å²) >= 11 is 0. The lowest BCUT2D eigenvalue weighted by atomic mass is 9.98. The van der Waals surface area contributed by atoms with E-state index in [9.17, 15) is 0 Å². The summed E-state index contributed by atoms with van der Waals surface area (Å²) < 4.78 is 1.98. The number of fused-ring (bicyclic) bond motifs is 1. The normalized spacial score (nSPS) is 16.9. The molecule has 1 aromatic heterocycles. The Kier molecular flexibility index (Phi) is 1.26. The van der Waals surface area contributed by atoms with E-state index in [0.29, 0.717) is 0 Å². The van der Waals surface area contributed by atoms with Gasteiger partial charge in [-0.2, -0.15) is 5.10 Å². The molecule has 1 aliphatic carbocycles. The van der Waals surface area contributed by atoms with Crippen LogP contribution >= 0.6 is 0 Å². The number of aromatic nitrogens is 2. The van der Waals surface area contributed by atoms with Crippen molar-refractivity contribution >= 4 is 0 Å². The molecular weight excluding hydrogens is 124 g/mol. The van der Waals surface area contributed by atoms with E-state index < -0.39 is 0 Å². The zero-order valence-corrected chi connectivity index (χ0v) is 6.17. The largest absolute Gasteiger partial charge is 0.272 e. The van der Waals surface area contributed by atoms with E-state index in [1.54, 1.807) is 0 Å². The van der Waals surface area contributed by atoms with Gasteiger partial charge in [-0.15, -0.1) is 0 Å². The molecule has 1 aromatic rings. The summed E-state index contributed by atoms with van der Waals surface area (Å²) in [5.41, 5.74) is 2.74. The summed E-state index contributed by atoms with van der Waals surface area (Å²) in [5.74, 6) is 0. The van der Waals surface area contributed by atoms with Crippen LogP contribution in [0.15, 0.2) is 6.20 Å². The molecule has 0 amide bonds. The molecule has 0 atom stereocenters. The van der Waals surface area contributed by atoms with Crippen LogP contribution in [-0.2, 0) is 13.5 Å². The van der Waals surface area contributed by atoms with Crippen molar-refractivity contribution in [2.24, 2.45) is 7.05 Å². The van der Waals surface area contributed by atoms with Gasteiger partial charge < -0.3 is 0 Å². The van der Waals surface area contributed by atoms with Gasteiger partial charge >= 0.3 is 0 Å². The Hall–Kier alpha value is -0.790. The van der Waals surface area contributed by atoms with Crippen LogP contribution < -0.4 is 0 Å². The smallest absolute Gasteiger partial charge is 0.0527 e. The molecule has 0 N–H and O–H groups in total. The van der Waals surface area contributed by atoms with Gasteiger partial charge in [0, 0.05) is 12.7 Å². The summed E-state index contributed by atoms with van der Waals surface area (Å²) in [6, 6.07) is 0. The van der Waals surface area contributed by atoms with Crippen LogP contribution in [0.25, 0.3) is 0 Å². The highest BCUT2D eigenvalue weighted by molar-refractivity contribution is 5.28. The fourth-order valence-electron chi connectivity index (χ4n) is 1.48. The van der Waals surface area contributed by atoms with Crippen molar-refractivity contribution in [2.75, 3.05) is 0 Å². The minimum absolute atomic E-state index is 1.20. The van der Waals surface area contributed by atoms with Gasteiger partial charge in [0.1, 0.15) is 0 Å². The Balaban J connectivity index is 2.45. The SMILES string of the molecule is Cn1ncc2c1CCC[CH]2. The zero-order chi connectivity index (χ0) is 6.97. The molecule has 2 nitrogen and oxygen atoms in total. The van der Waals surface area contributed by atoms with Gasteiger partial charge in [0.2, 0.25) is 0 Å². The van der Waals surface area contributed by atoms with Crippen LogP contribution in [-0.4, -0.2) is 9.78 Å². The van der Waals surface area contributed by atoms with Crippen molar-refractivity contribution in [3.05, 3.63) is 23.9 Å². The molecule has 0 saturated carbocycles. The Morgan fingerprint density at radius 2 is 2.50 bits per heavy atom. The maximum Gasteiger partial charge on any atom is 0.0527 e. The second-order valence-corrected chi connectivity index (χ2v) is 2.77. The number of aryl methyl sites for hydroxylation is 1. The number of nitrogens with zero attached hydrogens (tertiary/aromatic N) is 2. The third kappa shape index (κ3) is 0.753. The minimum Gasteiger partial charge on any atom is -0.272 e. The predicted octanol–water partition coefficient (Wildman–Crippen LogP) is 1.31. The first-order valence-electron chi connectivity index (χ1n) is 3.72. The molecule has 0 aromatic carbocycles. The third-order valence-electron chi connectivity index (χ3n) is 2.08. The van der Waals surface area contributed by atoms with Crippen molar-refractivity contribution in [1.82, 2.24) is 9.78 Å². The first-order chi connectivity index (χ1) is 4.88. The summed E-state index contributed by atoms with van der Waals surface area (Å²) in [7, 11) is 2.01. The molecule has 0 unspecified atom stereocenters. The van der Waals surface area contributed by atoms with Gasteiger partial charge in [0.05, 0.1) is 6.20 Å². The van der Waals surface area contributed by atoms with Crippen LogP contribution in [0.4, 0.5) is 0 Å². The second-order valence-electron chi connectivity index (χ2n) is 2.77. The van der Waals surface area contributed by atoms with Crippen LogP contribution in [0.3, 0.4) is 0 Å². The van der Waals surface area contributed by atoms with Crippen molar-refractivity contribution in [1.29, 1.82) is 0 Å². The Bertz CT molecular complexity index is 237. The third-order valence-corrected chi connectivity index (χ3v) is 2.08. The van der Waals surface area contributed by atoms with Crippen LogP contribution in [0, 0.1) is 6.42 Å². The average molecular weight is 135 g/mol. The van der Waals surface area contributed by atoms with E-state index in [-0.39, 0.29) is 0 Å². The molecule has 53 valence electrons. The second kappa shape index (κ2) is 2.11. The van der Waals surface area contributed by atoms with Gasteiger partial charge in [-0.3, -0.25) is 4.68 Å². The van der Waals surface area contributed by atoms with E-state index in [1.165, 1.54) is 30.5 Å². The first-order valence-corrected chi connectivity index (χ1v) is 3.72. The fraction of sp³-hybridized carbons (Fsp3) is 0.500. The van der Waals surface area contributed by atoms with Crippen LogP contribution in [0.1, 0.15) is 24.1 Å². The van der Waals surface area contributed by atoms with Crippen LogP contribution in [0.5, 0.6) is 0 Å². The fourth-order valence-corrected chi connectivity index (χ4v) is 1.48. The first kappa shape index (κ1) is 5.96. The van der Waals surface area contributed by atoms with E-state index in [2.05, 4.69) is 11.5 Å². The van der Waals surface area contributed by atoms with Gasteiger partial charge in [-0.1, -0.05) is 0 Å². The summed E-state index contributed by atoms with van der Waals surface area (Å²) in [6.07, 6.45) is 7.92. The van der Waals surface area contributed by atoms with Crippen LogP contribution in [0.2, 0.25) is 0 Å². The Morgan fingerprint density at radius 3 is 3.30 bits per heavy atom. The van der Waals surface area contributed by atoms with Crippen molar-refractivity contribution in [3.63, 3.8) is 0 Å². The molecule has 1 aliphatic rings. The Morgan fingerprint density at radius 1 is 1.60 bits per heavy atom. The molecule has 2 rings (SSSR count). The lowest BCUT2D eigenvalue weighted by Crippen LogP contribution is -2.04. The molecule has 0 fully saturated rings. The molecular formula is C8H11N2. The molecule has 2 heteroatoms. The summed E-state index contributed by atoms with van der Waals surface area (Å²) in [5, 5.41) is 4.18. The van der Waals surface area contributed by atoms with Gasteiger partial charge in [-0.05, 0) is 31.2 Å². The standard InChI is InChI=1S/C8H11N2/c1-10-8-5-3-2-4-7(8)6-9-10/h4,6H,2-3,5H2,1H3. The van der Waals surface area contributed by atoms with Gasteiger partial charge in [0.15, 0.2) is 0 Å². The van der Waals surface area contributed by atoms with E-state index in [1.807, 2.05) is 17.9 Å². The molecule has 0 bridgehead atoms. The maximum absolute atomic E-state index is 4.18. The molecule has 0 aliphatic heterocycles. The average Bonchev–Trinajstić information content (AvgIpc) is 2.34.